The van der Waals surface area contributed by atoms with Gasteiger partial charge in [0.05, 0.1) is 5.56 Å². The van der Waals surface area contributed by atoms with Crippen LogP contribution in [0.1, 0.15) is 15.9 Å². The normalized spacial score (nSPS) is 14.8. The van der Waals surface area contributed by atoms with Gasteiger partial charge in [-0.2, -0.15) is 0 Å². The Kier molecular flexibility index (Phi) is 2.89. The third-order valence-corrected chi connectivity index (χ3v) is 4.36. The topological polar surface area (TPSA) is 69.7 Å². The van der Waals surface area contributed by atoms with Gasteiger partial charge in [-0.15, -0.1) is 8.42 Å². The fraction of sp³-hybridized carbons (Fsp3) is 0. The number of hydrogen-bond donors (Lipinski definition) is 0. The van der Waals surface area contributed by atoms with Gasteiger partial charge in [-0.25, -0.2) is 0 Å². The maximum absolute atomic E-state index is 12.9. The molecule has 1 heterocycles. The fourth-order valence-electron chi connectivity index (χ4n) is 2.64. The molecular formula is C17H10O5S. The molecular weight excluding hydrogens is 316 g/mol. The second-order valence-corrected chi connectivity index (χ2v) is 6.22. The maximum atomic E-state index is 12.9. The van der Waals surface area contributed by atoms with Gasteiger partial charge in [0, 0.05) is 5.56 Å². The third kappa shape index (κ3) is 2.24. The molecule has 0 unspecified atom stereocenters. The number of carbonyl (C=O) groups excluding carboxylic acids is 1. The Bertz CT molecular complexity index is 1040. The second kappa shape index (κ2) is 4.82. The van der Waals surface area contributed by atoms with Gasteiger partial charge in [-0.3, -0.25) is 4.79 Å². The van der Waals surface area contributed by atoms with Crippen molar-refractivity contribution >= 4 is 27.0 Å². The van der Waals surface area contributed by atoms with Crippen molar-refractivity contribution in [2.75, 3.05) is 0 Å². The van der Waals surface area contributed by atoms with Crippen LogP contribution in [0.2, 0.25) is 0 Å². The van der Waals surface area contributed by atoms with Crippen molar-refractivity contribution in [1.82, 2.24) is 0 Å². The van der Waals surface area contributed by atoms with Crippen LogP contribution in [0.4, 0.5) is 0 Å². The van der Waals surface area contributed by atoms with Crippen molar-refractivity contribution in [3.05, 3.63) is 71.8 Å². The highest BCUT2D eigenvalue weighted by atomic mass is 32.3. The minimum atomic E-state index is -4.17. The summed E-state index contributed by atoms with van der Waals surface area (Å²) in [6, 6.07) is 17.3. The van der Waals surface area contributed by atoms with Crippen molar-refractivity contribution in [2.45, 2.75) is 0 Å². The molecule has 4 rings (SSSR count). The molecule has 0 spiro atoms. The Hall–Kier alpha value is -2.86. The average Bonchev–Trinajstić information content (AvgIpc) is 2.86. The van der Waals surface area contributed by atoms with E-state index >= 15 is 0 Å². The number of carbonyl (C=O) groups is 1. The van der Waals surface area contributed by atoms with E-state index in [4.69, 9.17) is 8.37 Å². The van der Waals surface area contributed by atoms with Crippen LogP contribution in [-0.4, -0.2) is 14.2 Å². The molecule has 1 aliphatic heterocycles. The van der Waals surface area contributed by atoms with Gasteiger partial charge in [0.2, 0.25) is 5.75 Å². The number of benzene rings is 3. The van der Waals surface area contributed by atoms with Gasteiger partial charge in [0.25, 0.3) is 0 Å². The lowest BCUT2D eigenvalue weighted by Gasteiger charge is -2.08. The molecule has 0 amide bonds. The molecule has 0 aliphatic carbocycles. The van der Waals surface area contributed by atoms with Crippen LogP contribution in [0.5, 0.6) is 11.5 Å². The van der Waals surface area contributed by atoms with Crippen molar-refractivity contribution in [1.29, 1.82) is 0 Å². The molecule has 0 bridgehead atoms. The lowest BCUT2D eigenvalue weighted by atomic mass is 9.96. The van der Waals surface area contributed by atoms with Crippen molar-refractivity contribution < 1.29 is 21.6 Å². The Balaban J connectivity index is 2.04. The zero-order valence-corrected chi connectivity index (χ0v) is 12.5. The minimum Gasteiger partial charge on any atom is -0.349 e. The Morgan fingerprint density at radius 2 is 1.57 bits per heavy atom. The summed E-state index contributed by atoms with van der Waals surface area (Å²) in [4.78, 5) is 12.9. The summed E-state index contributed by atoms with van der Waals surface area (Å²) in [5.74, 6) is -0.347. The van der Waals surface area contributed by atoms with E-state index in [-0.39, 0.29) is 22.8 Å². The third-order valence-electron chi connectivity index (χ3n) is 3.61. The summed E-state index contributed by atoms with van der Waals surface area (Å²) in [7, 11) is -4.17. The molecule has 0 saturated heterocycles. The van der Waals surface area contributed by atoms with Crippen LogP contribution in [0.15, 0.2) is 60.7 Å². The SMILES string of the molecule is O=C(c1ccccc1)c1c2c(cc3ccccc13)OS(=O)(=O)O2. The molecule has 23 heavy (non-hydrogen) atoms. The highest BCUT2D eigenvalue weighted by molar-refractivity contribution is 7.82. The van der Waals surface area contributed by atoms with Gasteiger partial charge in [-0.05, 0) is 16.8 Å². The molecule has 0 atom stereocenters. The summed E-state index contributed by atoms with van der Waals surface area (Å²) in [6.07, 6.45) is 0. The molecule has 1 aliphatic rings. The number of fused-ring (bicyclic) bond motifs is 2. The summed E-state index contributed by atoms with van der Waals surface area (Å²) < 4.78 is 33.0. The first kappa shape index (κ1) is 13.8. The molecule has 0 fully saturated rings. The molecule has 0 aromatic heterocycles. The number of hydrogen-bond acceptors (Lipinski definition) is 5. The highest BCUT2D eigenvalue weighted by Gasteiger charge is 2.34. The molecule has 5 nitrogen and oxygen atoms in total. The largest absolute Gasteiger partial charge is 0.501 e. The first-order valence-corrected chi connectivity index (χ1v) is 8.18. The molecule has 6 heteroatoms. The van der Waals surface area contributed by atoms with Gasteiger partial charge >= 0.3 is 10.4 Å². The number of rotatable bonds is 2. The lowest BCUT2D eigenvalue weighted by Crippen LogP contribution is -2.09. The quantitative estimate of drug-likeness (QED) is 0.677. The second-order valence-electron chi connectivity index (χ2n) is 5.07. The number of ketones is 1. The van der Waals surface area contributed by atoms with Crippen LogP contribution in [-0.2, 0) is 10.4 Å². The summed E-state index contributed by atoms with van der Waals surface area (Å²) >= 11 is 0. The molecule has 114 valence electrons. The summed E-state index contributed by atoms with van der Waals surface area (Å²) in [5, 5.41) is 1.31. The first-order chi connectivity index (χ1) is 11.1. The van der Waals surface area contributed by atoms with Crippen molar-refractivity contribution in [2.24, 2.45) is 0 Å². The zero-order valence-electron chi connectivity index (χ0n) is 11.7. The molecule has 0 N–H and O–H groups in total. The van der Waals surface area contributed by atoms with E-state index in [0.29, 0.717) is 16.3 Å². The van der Waals surface area contributed by atoms with Gasteiger partial charge < -0.3 is 8.37 Å². The monoisotopic (exact) mass is 326 g/mol. The Morgan fingerprint density at radius 1 is 0.870 bits per heavy atom. The first-order valence-electron chi connectivity index (χ1n) is 6.84. The van der Waals surface area contributed by atoms with E-state index < -0.39 is 10.4 Å². The van der Waals surface area contributed by atoms with Crippen LogP contribution >= 0.6 is 0 Å². The van der Waals surface area contributed by atoms with Crippen LogP contribution in [0.25, 0.3) is 10.8 Å². The van der Waals surface area contributed by atoms with Gasteiger partial charge in [0.1, 0.15) is 0 Å². The zero-order chi connectivity index (χ0) is 16.0. The van der Waals surface area contributed by atoms with Crippen LogP contribution in [0.3, 0.4) is 0 Å². The van der Waals surface area contributed by atoms with E-state index in [1.54, 1.807) is 60.7 Å². The van der Waals surface area contributed by atoms with Gasteiger partial charge in [0.15, 0.2) is 11.5 Å². The van der Waals surface area contributed by atoms with Crippen molar-refractivity contribution in [3.63, 3.8) is 0 Å². The van der Waals surface area contributed by atoms with E-state index in [1.165, 1.54) is 0 Å². The fourth-order valence-corrected chi connectivity index (χ4v) is 3.38. The van der Waals surface area contributed by atoms with Crippen LogP contribution < -0.4 is 8.37 Å². The smallest absolute Gasteiger partial charge is 0.349 e. The minimum absolute atomic E-state index is 0.0305. The van der Waals surface area contributed by atoms with E-state index in [9.17, 15) is 13.2 Å². The van der Waals surface area contributed by atoms with E-state index in [0.717, 1.165) is 0 Å². The van der Waals surface area contributed by atoms with E-state index in [2.05, 4.69) is 0 Å². The maximum Gasteiger partial charge on any atom is 0.501 e. The molecule has 3 aromatic rings. The van der Waals surface area contributed by atoms with Gasteiger partial charge in [-0.1, -0.05) is 54.6 Å². The Labute approximate surface area is 132 Å². The van der Waals surface area contributed by atoms with Crippen molar-refractivity contribution in [3.8, 4) is 11.5 Å². The van der Waals surface area contributed by atoms with E-state index in [1.807, 2.05) is 0 Å². The van der Waals surface area contributed by atoms with Crippen LogP contribution in [0, 0.1) is 0 Å². The highest BCUT2D eigenvalue weighted by Crippen LogP contribution is 2.44. The predicted octanol–water partition coefficient (Wildman–Crippen LogP) is 3.09. The molecule has 3 aromatic carbocycles. The average molecular weight is 326 g/mol. The molecule has 0 radical (unpaired) electrons. The summed E-state index contributed by atoms with van der Waals surface area (Å²) in [5.41, 5.74) is 0.629. The Morgan fingerprint density at radius 3 is 2.35 bits per heavy atom. The summed E-state index contributed by atoms with van der Waals surface area (Å²) in [6.45, 7) is 0. The predicted molar refractivity (Wildman–Crippen MR) is 84.0 cm³/mol. The lowest BCUT2D eigenvalue weighted by molar-refractivity contribution is 0.103. The standard InChI is InChI=1S/C17H10O5S/c18-16(11-6-2-1-3-7-11)15-13-9-5-4-8-12(13)10-14-17(15)22-23(19,20)21-14/h1-10H. The molecule has 0 saturated carbocycles.